The molecule has 0 heterocycles. The van der Waals surface area contributed by atoms with E-state index in [4.69, 9.17) is 9.84 Å². The summed E-state index contributed by atoms with van der Waals surface area (Å²) in [4.78, 5) is 14.0. The minimum Gasteiger partial charge on any atom is -0.490 e. The monoisotopic (exact) mass is 348 g/mol. The van der Waals surface area contributed by atoms with Crippen LogP contribution in [-0.4, -0.2) is 41.8 Å². The molecule has 25 heavy (non-hydrogen) atoms. The van der Waals surface area contributed by atoms with Crippen molar-refractivity contribution in [1.82, 2.24) is 10.2 Å². The largest absolute Gasteiger partial charge is 0.490 e. The fourth-order valence-electron chi connectivity index (χ4n) is 3.18. The van der Waals surface area contributed by atoms with Crippen molar-refractivity contribution in [1.29, 1.82) is 0 Å². The van der Waals surface area contributed by atoms with E-state index in [2.05, 4.69) is 12.2 Å². The summed E-state index contributed by atoms with van der Waals surface area (Å²) in [6.07, 6.45) is 8.37. The van der Waals surface area contributed by atoms with Crippen LogP contribution in [-0.2, 0) is 6.54 Å². The van der Waals surface area contributed by atoms with Crippen molar-refractivity contribution in [3.8, 4) is 5.75 Å². The lowest BCUT2D eigenvalue weighted by atomic mass is 9.98. The molecule has 0 radical (unpaired) electrons. The van der Waals surface area contributed by atoms with Gasteiger partial charge in [-0.15, -0.1) is 0 Å². The number of nitrogens with zero attached hydrogens (tertiary/aromatic N) is 1. The molecule has 5 heteroatoms. The highest BCUT2D eigenvalue weighted by molar-refractivity contribution is 5.74. The van der Waals surface area contributed by atoms with Gasteiger partial charge in [-0.2, -0.15) is 0 Å². The van der Waals surface area contributed by atoms with E-state index in [0.717, 1.165) is 37.0 Å². The Morgan fingerprint density at radius 2 is 2.08 bits per heavy atom. The Balaban J connectivity index is 1.84. The maximum atomic E-state index is 12.3. The van der Waals surface area contributed by atoms with E-state index in [1.807, 2.05) is 24.3 Å². The predicted molar refractivity (Wildman–Crippen MR) is 99.7 cm³/mol. The zero-order valence-corrected chi connectivity index (χ0v) is 15.4. The smallest absolute Gasteiger partial charge is 0.317 e. The van der Waals surface area contributed by atoms with Crippen molar-refractivity contribution in [3.05, 3.63) is 29.8 Å². The number of rotatable bonds is 9. The topological polar surface area (TPSA) is 61.8 Å². The standard InChI is InChI=1S/C20H32N2O3/c1-2-3-12-22(13-14-23)20(24)21-16-17-8-7-11-19(15-17)25-18-9-5-4-6-10-18/h7-8,11,15,18,23H,2-6,9-10,12-14,16H2,1H3,(H,21,24). The molecule has 2 rings (SSSR count). The second kappa shape index (κ2) is 11.0. The van der Waals surface area contributed by atoms with Gasteiger partial charge in [-0.1, -0.05) is 31.9 Å². The summed E-state index contributed by atoms with van der Waals surface area (Å²) in [6, 6.07) is 7.84. The Kier molecular flexibility index (Phi) is 8.60. The molecule has 2 amide bonds. The number of carbonyl (C=O) groups is 1. The van der Waals surface area contributed by atoms with Crippen molar-refractivity contribution in [3.63, 3.8) is 0 Å². The molecule has 5 nitrogen and oxygen atoms in total. The molecule has 0 spiro atoms. The number of ether oxygens (including phenoxy) is 1. The number of benzene rings is 1. The van der Waals surface area contributed by atoms with Crippen molar-refractivity contribution in [2.45, 2.75) is 64.5 Å². The van der Waals surface area contributed by atoms with Crippen molar-refractivity contribution >= 4 is 6.03 Å². The number of amides is 2. The molecular weight excluding hydrogens is 316 g/mol. The molecule has 0 aliphatic heterocycles. The van der Waals surface area contributed by atoms with Crippen LogP contribution in [0.2, 0.25) is 0 Å². The van der Waals surface area contributed by atoms with Gasteiger partial charge in [0, 0.05) is 19.6 Å². The molecule has 0 atom stereocenters. The number of nitrogens with one attached hydrogen (secondary N) is 1. The third kappa shape index (κ3) is 6.94. The zero-order chi connectivity index (χ0) is 17.9. The fourth-order valence-corrected chi connectivity index (χ4v) is 3.18. The van der Waals surface area contributed by atoms with E-state index in [9.17, 15) is 4.79 Å². The van der Waals surface area contributed by atoms with E-state index in [-0.39, 0.29) is 12.6 Å². The third-order valence-electron chi connectivity index (χ3n) is 4.64. The highest BCUT2D eigenvalue weighted by Gasteiger charge is 2.15. The second-order valence-corrected chi connectivity index (χ2v) is 6.75. The second-order valence-electron chi connectivity index (χ2n) is 6.75. The normalized spacial score (nSPS) is 15.0. The van der Waals surface area contributed by atoms with Gasteiger partial charge in [0.05, 0.1) is 12.7 Å². The van der Waals surface area contributed by atoms with Gasteiger partial charge in [0.1, 0.15) is 5.75 Å². The Morgan fingerprint density at radius 3 is 2.80 bits per heavy atom. The highest BCUT2D eigenvalue weighted by atomic mass is 16.5. The maximum Gasteiger partial charge on any atom is 0.317 e. The van der Waals surface area contributed by atoms with Gasteiger partial charge in [0.2, 0.25) is 0 Å². The van der Waals surface area contributed by atoms with Gasteiger partial charge in [-0.05, 0) is 49.8 Å². The number of unbranched alkanes of at least 4 members (excludes halogenated alkanes) is 1. The lowest BCUT2D eigenvalue weighted by molar-refractivity contribution is 0.155. The molecule has 1 saturated carbocycles. The van der Waals surface area contributed by atoms with Crippen LogP contribution in [0.25, 0.3) is 0 Å². The number of hydrogen-bond acceptors (Lipinski definition) is 3. The molecule has 1 aliphatic carbocycles. The summed E-state index contributed by atoms with van der Waals surface area (Å²) in [5.74, 6) is 0.886. The van der Waals surface area contributed by atoms with Crippen LogP contribution in [0.5, 0.6) is 5.75 Å². The number of urea groups is 1. The highest BCUT2D eigenvalue weighted by Crippen LogP contribution is 2.23. The molecule has 1 aromatic rings. The first kappa shape index (κ1) is 19.6. The Labute approximate surface area is 151 Å². The lowest BCUT2D eigenvalue weighted by Crippen LogP contribution is -2.41. The van der Waals surface area contributed by atoms with Crippen molar-refractivity contribution in [2.24, 2.45) is 0 Å². The minimum atomic E-state index is -0.124. The van der Waals surface area contributed by atoms with Gasteiger partial charge in [-0.3, -0.25) is 0 Å². The molecule has 0 aromatic heterocycles. The average Bonchev–Trinajstić information content (AvgIpc) is 2.64. The summed E-state index contributed by atoms with van der Waals surface area (Å²) in [5, 5.41) is 12.1. The minimum absolute atomic E-state index is 0.0121. The van der Waals surface area contributed by atoms with Gasteiger partial charge < -0.3 is 20.1 Å². The summed E-state index contributed by atoms with van der Waals surface area (Å²) >= 11 is 0. The van der Waals surface area contributed by atoms with Gasteiger partial charge in [-0.25, -0.2) is 4.79 Å². The van der Waals surface area contributed by atoms with Crippen LogP contribution in [0.15, 0.2) is 24.3 Å². The average molecular weight is 348 g/mol. The van der Waals surface area contributed by atoms with Gasteiger partial charge >= 0.3 is 6.03 Å². The maximum absolute atomic E-state index is 12.3. The molecule has 0 unspecified atom stereocenters. The molecule has 1 fully saturated rings. The Bertz CT molecular complexity index is 515. The first-order chi connectivity index (χ1) is 12.2. The van der Waals surface area contributed by atoms with Crippen LogP contribution < -0.4 is 10.1 Å². The van der Waals surface area contributed by atoms with Crippen LogP contribution >= 0.6 is 0 Å². The molecule has 0 bridgehead atoms. The number of carbonyl (C=O) groups excluding carboxylic acids is 1. The fraction of sp³-hybridized carbons (Fsp3) is 0.650. The van der Waals surface area contributed by atoms with Crippen LogP contribution in [0, 0.1) is 0 Å². The van der Waals surface area contributed by atoms with E-state index < -0.39 is 0 Å². The summed E-state index contributed by atoms with van der Waals surface area (Å²) in [7, 11) is 0. The molecular formula is C20H32N2O3. The predicted octanol–water partition coefficient (Wildman–Crippen LogP) is 3.70. The number of aliphatic hydroxyl groups is 1. The van der Waals surface area contributed by atoms with Crippen LogP contribution in [0.4, 0.5) is 4.79 Å². The van der Waals surface area contributed by atoms with Gasteiger partial charge in [0.25, 0.3) is 0 Å². The molecule has 1 aromatic carbocycles. The number of hydrogen-bond donors (Lipinski definition) is 2. The zero-order valence-electron chi connectivity index (χ0n) is 15.4. The first-order valence-electron chi connectivity index (χ1n) is 9.62. The molecule has 2 N–H and O–H groups in total. The van der Waals surface area contributed by atoms with Crippen LogP contribution in [0.3, 0.4) is 0 Å². The number of aliphatic hydroxyl groups excluding tert-OH is 1. The Hall–Kier alpha value is -1.75. The molecule has 140 valence electrons. The summed E-state index contributed by atoms with van der Waals surface area (Å²) < 4.78 is 6.09. The van der Waals surface area contributed by atoms with Crippen molar-refractivity contribution < 1.29 is 14.6 Å². The lowest BCUT2D eigenvalue weighted by Gasteiger charge is -2.23. The first-order valence-corrected chi connectivity index (χ1v) is 9.62. The quantitative estimate of drug-likeness (QED) is 0.715. The van der Waals surface area contributed by atoms with E-state index in [1.165, 1.54) is 19.3 Å². The van der Waals surface area contributed by atoms with E-state index in [1.54, 1.807) is 4.90 Å². The summed E-state index contributed by atoms with van der Waals surface area (Å²) in [5.41, 5.74) is 1.03. The SMILES string of the molecule is CCCCN(CCO)C(=O)NCc1cccc(OC2CCCCC2)c1. The van der Waals surface area contributed by atoms with Crippen LogP contribution in [0.1, 0.15) is 57.4 Å². The molecule has 1 aliphatic rings. The van der Waals surface area contributed by atoms with E-state index >= 15 is 0 Å². The van der Waals surface area contributed by atoms with Crippen molar-refractivity contribution in [2.75, 3.05) is 19.7 Å². The summed E-state index contributed by atoms with van der Waals surface area (Å²) in [6.45, 7) is 3.59. The third-order valence-corrected chi connectivity index (χ3v) is 4.64. The Morgan fingerprint density at radius 1 is 1.28 bits per heavy atom. The molecule has 0 saturated heterocycles. The van der Waals surface area contributed by atoms with E-state index in [0.29, 0.717) is 25.7 Å². The van der Waals surface area contributed by atoms with Gasteiger partial charge in [0.15, 0.2) is 0 Å².